The summed E-state index contributed by atoms with van der Waals surface area (Å²) >= 11 is 4.88. The summed E-state index contributed by atoms with van der Waals surface area (Å²) in [7, 11) is 1.86. The van der Waals surface area contributed by atoms with Gasteiger partial charge < -0.3 is 0 Å². The molecule has 0 saturated carbocycles. The second-order valence-electron chi connectivity index (χ2n) is 3.64. The maximum atomic E-state index is 11.9. The molecule has 0 fully saturated rings. The van der Waals surface area contributed by atoms with Gasteiger partial charge in [-0.15, -0.1) is 11.3 Å². The van der Waals surface area contributed by atoms with Crippen molar-refractivity contribution in [3.8, 4) is 0 Å². The average molecular weight is 299 g/mol. The third kappa shape index (κ3) is 2.41. The fourth-order valence-electron chi connectivity index (χ4n) is 1.55. The van der Waals surface area contributed by atoms with Crippen molar-refractivity contribution in [1.82, 2.24) is 9.78 Å². The molecule has 0 aromatic carbocycles. The minimum Gasteiger partial charge on any atom is -0.294 e. The number of halogens is 1. The average Bonchev–Trinajstić information content (AvgIpc) is 2.74. The lowest BCUT2D eigenvalue weighted by Crippen LogP contribution is -2.06. The number of hydrogen-bond acceptors (Lipinski definition) is 3. The predicted octanol–water partition coefficient (Wildman–Crippen LogP) is 2.98. The van der Waals surface area contributed by atoms with Crippen molar-refractivity contribution in [3.63, 3.8) is 0 Å². The molecule has 0 N–H and O–H groups in total. The third-order valence-electron chi connectivity index (χ3n) is 2.33. The van der Waals surface area contributed by atoms with Crippen molar-refractivity contribution >= 4 is 33.0 Å². The molecular formula is C11H11BrN2OS. The van der Waals surface area contributed by atoms with Crippen LogP contribution in [0, 0.1) is 6.92 Å². The number of nitrogens with zero attached hydrogens (tertiary/aromatic N) is 2. The minimum absolute atomic E-state index is 0.130. The summed E-state index contributed by atoms with van der Waals surface area (Å²) in [5, 5.41) is 6.09. The molecule has 5 heteroatoms. The maximum Gasteiger partial charge on any atom is 0.169 e. The molecule has 16 heavy (non-hydrogen) atoms. The van der Waals surface area contributed by atoms with Crippen LogP contribution in [0.5, 0.6) is 0 Å². The largest absolute Gasteiger partial charge is 0.294 e. The number of Topliss-reactive ketones (excluding diaryl/α,β-unsaturated/α-hetero) is 1. The summed E-state index contributed by atoms with van der Waals surface area (Å²) in [6, 6.07) is 3.80. The molecule has 2 rings (SSSR count). The lowest BCUT2D eigenvalue weighted by Gasteiger charge is -1.99. The number of hydrogen-bond donors (Lipinski definition) is 0. The molecule has 0 saturated heterocycles. The number of rotatable bonds is 3. The number of carbonyl (C=O) groups excluding carboxylic acids is 1. The van der Waals surface area contributed by atoms with Crippen molar-refractivity contribution < 1.29 is 4.79 Å². The molecule has 0 unspecified atom stereocenters. The van der Waals surface area contributed by atoms with E-state index in [2.05, 4.69) is 21.0 Å². The van der Waals surface area contributed by atoms with Gasteiger partial charge in [-0.1, -0.05) is 0 Å². The van der Waals surface area contributed by atoms with Gasteiger partial charge in [-0.3, -0.25) is 9.48 Å². The highest BCUT2D eigenvalue weighted by Crippen LogP contribution is 2.21. The molecule has 0 aliphatic rings. The lowest BCUT2D eigenvalue weighted by atomic mass is 10.1. The molecule has 3 nitrogen and oxygen atoms in total. The van der Waals surface area contributed by atoms with Gasteiger partial charge in [0.15, 0.2) is 5.78 Å². The van der Waals surface area contributed by atoms with Gasteiger partial charge in [-0.25, -0.2) is 0 Å². The van der Waals surface area contributed by atoms with E-state index < -0.39 is 0 Å². The molecule has 2 aromatic heterocycles. The fourth-order valence-corrected chi connectivity index (χ4v) is 2.71. The summed E-state index contributed by atoms with van der Waals surface area (Å²) in [5.41, 5.74) is 2.65. The molecule has 0 radical (unpaired) electrons. The molecule has 84 valence electrons. The lowest BCUT2D eigenvalue weighted by molar-refractivity contribution is 0.0991. The highest BCUT2D eigenvalue weighted by molar-refractivity contribution is 9.11. The summed E-state index contributed by atoms with van der Waals surface area (Å²) in [6.45, 7) is 1.93. The molecular weight excluding hydrogens is 288 g/mol. The molecule has 0 atom stereocenters. The van der Waals surface area contributed by atoms with Gasteiger partial charge in [-0.2, -0.15) is 5.10 Å². The Kier molecular flexibility index (Phi) is 3.25. The second-order valence-corrected chi connectivity index (χ2v) is 5.93. The Morgan fingerprint density at radius 2 is 2.31 bits per heavy atom. The van der Waals surface area contributed by atoms with Gasteiger partial charge in [-0.05, 0) is 35.0 Å². The van der Waals surface area contributed by atoms with Crippen molar-refractivity contribution in [2.24, 2.45) is 7.05 Å². The number of ketones is 1. The number of carbonyl (C=O) groups is 1. The standard InChI is InChI=1S/C11H11BrN2OS/c1-7-3-9(14(2)13-7)5-10(15)8-4-11(12)16-6-8/h3-4,6H,5H2,1-2H3. The van der Waals surface area contributed by atoms with E-state index in [0.717, 1.165) is 20.7 Å². The van der Waals surface area contributed by atoms with Gasteiger partial charge in [0.2, 0.25) is 0 Å². The Morgan fingerprint density at radius 1 is 1.56 bits per heavy atom. The van der Waals surface area contributed by atoms with Crippen LogP contribution in [0.1, 0.15) is 21.7 Å². The van der Waals surface area contributed by atoms with Crippen LogP contribution >= 0.6 is 27.3 Å². The minimum atomic E-state index is 0.130. The van der Waals surface area contributed by atoms with E-state index in [-0.39, 0.29) is 5.78 Å². The summed E-state index contributed by atoms with van der Waals surface area (Å²) in [6.07, 6.45) is 0.403. The Hall–Kier alpha value is -0.940. The van der Waals surface area contributed by atoms with E-state index in [4.69, 9.17) is 0 Å². The van der Waals surface area contributed by atoms with Gasteiger partial charge >= 0.3 is 0 Å². The molecule has 0 amide bonds. The van der Waals surface area contributed by atoms with Crippen LogP contribution < -0.4 is 0 Å². The first kappa shape index (κ1) is 11.5. The van der Waals surface area contributed by atoms with Crippen molar-refractivity contribution in [3.05, 3.63) is 38.3 Å². The Bertz CT molecular complexity index is 530. The van der Waals surface area contributed by atoms with Crippen molar-refractivity contribution in [2.45, 2.75) is 13.3 Å². The van der Waals surface area contributed by atoms with Crippen LogP contribution in [-0.2, 0) is 13.5 Å². The summed E-state index contributed by atoms with van der Waals surface area (Å²) < 4.78 is 2.74. The molecule has 2 heterocycles. The van der Waals surface area contributed by atoms with Crippen LogP contribution in [0.4, 0.5) is 0 Å². The van der Waals surface area contributed by atoms with Crippen LogP contribution in [0.25, 0.3) is 0 Å². The van der Waals surface area contributed by atoms with E-state index in [1.807, 2.05) is 31.5 Å². The van der Waals surface area contributed by atoms with Crippen molar-refractivity contribution in [2.75, 3.05) is 0 Å². The van der Waals surface area contributed by atoms with Gasteiger partial charge in [0.05, 0.1) is 15.9 Å². The normalized spacial score (nSPS) is 10.7. The summed E-state index contributed by atoms with van der Waals surface area (Å²) in [5.74, 6) is 0.130. The topological polar surface area (TPSA) is 34.9 Å². The molecule has 0 spiro atoms. The number of aromatic nitrogens is 2. The van der Waals surface area contributed by atoms with E-state index in [1.165, 1.54) is 11.3 Å². The van der Waals surface area contributed by atoms with E-state index >= 15 is 0 Å². The van der Waals surface area contributed by atoms with Gasteiger partial charge in [0.1, 0.15) is 0 Å². The highest BCUT2D eigenvalue weighted by atomic mass is 79.9. The first-order valence-corrected chi connectivity index (χ1v) is 6.50. The van der Waals surface area contributed by atoms with Crippen LogP contribution in [0.2, 0.25) is 0 Å². The van der Waals surface area contributed by atoms with E-state index in [9.17, 15) is 4.79 Å². The maximum absolute atomic E-state index is 11.9. The zero-order valence-electron chi connectivity index (χ0n) is 9.03. The van der Waals surface area contributed by atoms with E-state index in [0.29, 0.717) is 6.42 Å². The quantitative estimate of drug-likeness (QED) is 0.817. The zero-order chi connectivity index (χ0) is 11.7. The predicted molar refractivity (Wildman–Crippen MR) is 68.0 cm³/mol. The van der Waals surface area contributed by atoms with Crippen molar-refractivity contribution in [1.29, 1.82) is 0 Å². The highest BCUT2D eigenvalue weighted by Gasteiger charge is 2.12. The smallest absolute Gasteiger partial charge is 0.169 e. The molecule has 0 aliphatic heterocycles. The molecule has 0 bridgehead atoms. The number of thiophene rings is 1. The van der Waals surface area contributed by atoms with Crippen LogP contribution in [0.3, 0.4) is 0 Å². The van der Waals surface area contributed by atoms with Gasteiger partial charge in [0, 0.05) is 23.7 Å². The number of aryl methyl sites for hydroxylation is 2. The first-order valence-electron chi connectivity index (χ1n) is 4.83. The van der Waals surface area contributed by atoms with Crippen LogP contribution in [0.15, 0.2) is 21.3 Å². The first-order chi connectivity index (χ1) is 7.56. The Balaban J connectivity index is 2.16. The molecule has 0 aliphatic carbocycles. The second kappa shape index (κ2) is 4.51. The van der Waals surface area contributed by atoms with Gasteiger partial charge in [0.25, 0.3) is 0 Å². The molecule has 2 aromatic rings. The van der Waals surface area contributed by atoms with Crippen LogP contribution in [-0.4, -0.2) is 15.6 Å². The Morgan fingerprint density at radius 3 is 2.81 bits per heavy atom. The Labute approximate surface area is 106 Å². The van der Waals surface area contributed by atoms with E-state index in [1.54, 1.807) is 4.68 Å². The third-order valence-corrected chi connectivity index (χ3v) is 3.83. The summed E-state index contributed by atoms with van der Waals surface area (Å²) in [4.78, 5) is 11.9. The zero-order valence-corrected chi connectivity index (χ0v) is 11.4. The SMILES string of the molecule is Cc1cc(CC(=O)c2csc(Br)c2)n(C)n1. The fraction of sp³-hybridized carbons (Fsp3) is 0.273. The monoisotopic (exact) mass is 298 g/mol.